The van der Waals surface area contributed by atoms with Crippen molar-refractivity contribution in [2.45, 2.75) is 76.1 Å². The molecule has 1 aromatic carbocycles. The predicted molar refractivity (Wildman–Crippen MR) is 107 cm³/mol. The molecule has 0 saturated heterocycles. The molecule has 1 aromatic rings. The summed E-state index contributed by atoms with van der Waals surface area (Å²) in [6.45, 7) is 0. The zero-order valence-electron chi connectivity index (χ0n) is 16.9. The van der Waals surface area contributed by atoms with E-state index in [1.807, 2.05) is 0 Å². The molecule has 30 heavy (non-hydrogen) atoms. The number of hydrogen-bond donors (Lipinski definition) is 4. The van der Waals surface area contributed by atoms with Gasteiger partial charge in [0.25, 0.3) is 0 Å². The maximum absolute atomic E-state index is 13.6. The van der Waals surface area contributed by atoms with E-state index in [2.05, 4.69) is 11.8 Å². The van der Waals surface area contributed by atoms with Crippen molar-refractivity contribution < 1.29 is 34.0 Å². The third-order valence-corrected chi connectivity index (χ3v) is 5.77. The molecule has 0 amide bonds. The molecule has 0 spiro atoms. The van der Waals surface area contributed by atoms with E-state index in [1.54, 1.807) is 0 Å². The zero-order chi connectivity index (χ0) is 22.1. The van der Waals surface area contributed by atoms with Crippen LogP contribution < -0.4 is 0 Å². The second-order valence-electron chi connectivity index (χ2n) is 8.03. The maximum atomic E-state index is 13.6. The van der Waals surface area contributed by atoms with Gasteiger partial charge in [0.15, 0.2) is 0 Å². The summed E-state index contributed by atoms with van der Waals surface area (Å²) in [7, 11) is 0. The van der Waals surface area contributed by atoms with Gasteiger partial charge in [0, 0.05) is 6.42 Å². The van der Waals surface area contributed by atoms with Crippen LogP contribution in [-0.4, -0.2) is 44.7 Å². The molecule has 0 aliphatic heterocycles. The van der Waals surface area contributed by atoms with Crippen LogP contribution in [0.5, 0.6) is 0 Å². The van der Waals surface area contributed by atoms with E-state index in [4.69, 9.17) is 5.11 Å². The molecule has 1 aliphatic carbocycles. The Bertz CT molecular complexity index is 758. The molecule has 166 valence electrons. The van der Waals surface area contributed by atoms with E-state index < -0.39 is 35.9 Å². The number of aliphatic hydroxyl groups is 3. The normalized spacial score (nSPS) is 24.3. The average molecular weight is 424 g/mol. The van der Waals surface area contributed by atoms with Crippen LogP contribution in [0.3, 0.4) is 0 Å². The van der Waals surface area contributed by atoms with Crippen LogP contribution in [0.25, 0.3) is 0 Å². The van der Waals surface area contributed by atoms with Crippen LogP contribution in [0.1, 0.15) is 63.4 Å². The van der Waals surface area contributed by atoms with Gasteiger partial charge in [0.2, 0.25) is 0 Å². The summed E-state index contributed by atoms with van der Waals surface area (Å²) in [5.41, 5.74) is -0.119. The van der Waals surface area contributed by atoms with Crippen LogP contribution in [0.2, 0.25) is 0 Å². The number of carbonyl (C=O) groups is 1. The van der Waals surface area contributed by atoms with E-state index in [-0.39, 0.29) is 30.2 Å². The Morgan fingerprint density at radius 2 is 1.73 bits per heavy atom. The van der Waals surface area contributed by atoms with Crippen molar-refractivity contribution >= 4 is 5.97 Å². The van der Waals surface area contributed by atoms with E-state index in [1.165, 1.54) is 0 Å². The molecule has 5 unspecified atom stereocenters. The summed E-state index contributed by atoms with van der Waals surface area (Å²) in [6, 6.07) is 2.95. The third kappa shape index (κ3) is 7.67. The molecule has 0 radical (unpaired) electrons. The summed E-state index contributed by atoms with van der Waals surface area (Å²) in [4.78, 5) is 10.5. The third-order valence-electron chi connectivity index (χ3n) is 5.77. The number of unbranched alkanes of at least 4 members (excludes halogenated alkanes) is 3. The fourth-order valence-corrected chi connectivity index (χ4v) is 4.17. The maximum Gasteiger partial charge on any atom is 0.303 e. The minimum Gasteiger partial charge on any atom is -0.481 e. The number of aliphatic carboxylic acids is 1. The molecule has 4 N–H and O–H groups in total. The summed E-state index contributed by atoms with van der Waals surface area (Å²) in [5.74, 6) is 2.65. The smallest absolute Gasteiger partial charge is 0.303 e. The van der Waals surface area contributed by atoms with Crippen molar-refractivity contribution in [3.63, 3.8) is 0 Å². The lowest BCUT2D eigenvalue weighted by atomic mass is 9.85. The van der Waals surface area contributed by atoms with Crippen molar-refractivity contribution in [3.8, 4) is 11.8 Å². The van der Waals surface area contributed by atoms with Crippen molar-refractivity contribution in [2.75, 3.05) is 0 Å². The zero-order valence-corrected chi connectivity index (χ0v) is 16.9. The highest BCUT2D eigenvalue weighted by Gasteiger charge is 2.40. The molecule has 0 aromatic heterocycles. The fraction of sp³-hybridized carbons (Fsp3) is 0.609. The molecule has 0 bridgehead atoms. The van der Waals surface area contributed by atoms with E-state index >= 15 is 0 Å². The molecular formula is C23H30F2O5. The van der Waals surface area contributed by atoms with E-state index in [0.717, 1.165) is 43.9 Å². The highest BCUT2D eigenvalue weighted by Crippen LogP contribution is 2.39. The highest BCUT2D eigenvalue weighted by molar-refractivity contribution is 5.66. The Kier molecular flexibility index (Phi) is 9.70. The van der Waals surface area contributed by atoms with Crippen LogP contribution >= 0.6 is 0 Å². The van der Waals surface area contributed by atoms with Gasteiger partial charge in [-0.1, -0.05) is 31.1 Å². The van der Waals surface area contributed by atoms with Crippen molar-refractivity contribution in [3.05, 3.63) is 35.4 Å². The predicted octanol–water partition coefficient (Wildman–Crippen LogP) is 3.24. The van der Waals surface area contributed by atoms with Gasteiger partial charge in [-0.25, -0.2) is 8.78 Å². The van der Waals surface area contributed by atoms with Gasteiger partial charge in [-0.2, -0.15) is 0 Å². The van der Waals surface area contributed by atoms with E-state index in [0.29, 0.717) is 19.3 Å². The van der Waals surface area contributed by atoms with Crippen LogP contribution in [-0.2, 0) is 4.79 Å². The van der Waals surface area contributed by atoms with Gasteiger partial charge in [-0.05, 0) is 62.1 Å². The highest BCUT2D eigenvalue weighted by atomic mass is 19.1. The quantitative estimate of drug-likeness (QED) is 0.342. The first-order chi connectivity index (χ1) is 14.3. The standard InChI is InChI=1S/C23H30F2O5/c24-16-8-12-20(25)15(13-16)7-9-17(26)10-11-19-18(21(27)14-22(19)28)5-3-1-2-4-6-23(29)30/h8,12-13,17-19,21-22,26-28H,1-6,10-11,14H2,(H,29,30). The monoisotopic (exact) mass is 424 g/mol. The molecule has 1 aliphatic rings. The first-order valence-corrected chi connectivity index (χ1v) is 10.5. The van der Waals surface area contributed by atoms with Gasteiger partial charge in [0.1, 0.15) is 17.7 Å². The molecule has 2 rings (SSSR count). The minimum absolute atomic E-state index is 0.0831. The molecule has 7 heteroatoms. The number of aliphatic hydroxyl groups excluding tert-OH is 3. The molecule has 1 fully saturated rings. The number of carboxylic acids is 1. The number of hydrogen-bond acceptors (Lipinski definition) is 4. The Morgan fingerprint density at radius 3 is 2.43 bits per heavy atom. The second kappa shape index (κ2) is 12.0. The van der Waals surface area contributed by atoms with Crippen LogP contribution in [0.4, 0.5) is 8.78 Å². The lowest BCUT2D eigenvalue weighted by Crippen LogP contribution is -2.23. The van der Waals surface area contributed by atoms with E-state index in [9.17, 15) is 28.9 Å². The van der Waals surface area contributed by atoms with Gasteiger partial charge >= 0.3 is 5.97 Å². The fourth-order valence-electron chi connectivity index (χ4n) is 4.17. The van der Waals surface area contributed by atoms with Gasteiger partial charge in [-0.15, -0.1) is 0 Å². The first kappa shape index (κ1) is 24.3. The first-order valence-electron chi connectivity index (χ1n) is 10.5. The molecule has 0 heterocycles. The Labute approximate surface area is 175 Å². The summed E-state index contributed by atoms with van der Waals surface area (Å²) in [6.07, 6.45) is 2.75. The average Bonchev–Trinajstić information content (AvgIpc) is 2.95. The van der Waals surface area contributed by atoms with Crippen LogP contribution in [0, 0.1) is 35.3 Å². The summed E-state index contributed by atoms with van der Waals surface area (Å²) in [5, 5.41) is 39.3. The number of rotatable bonds is 10. The second-order valence-corrected chi connectivity index (χ2v) is 8.03. The number of carboxylic acid groups (broad SMARTS) is 1. The SMILES string of the molecule is O=C(O)CCCCCCC1C(O)CC(O)C1CCC(O)C#Cc1cc(F)ccc1F. The van der Waals surface area contributed by atoms with Crippen LogP contribution in [0.15, 0.2) is 18.2 Å². The lowest BCUT2D eigenvalue weighted by Gasteiger charge is -2.24. The Balaban J connectivity index is 1.82. The Morgan fingerprint density at radius 1 is 1.07 bits per heavy atom. The minimum atomic E-state index is -1.05. The number of halogens is 2. The van der Waals surface area contributed by atoms with Gasteiger partial charge in [0.05, 0.1) is 17.8 Å². The number of benzene rings is 1. The van der Waals surface area contributed by atoms with Crippen molar-refractivity contribution in [1.82, 2.24) is 0 Å². The molecule has 5 atom stereocenters. The summed E-state index contributed by atoms with van der Waals surface area (Å²) >= 11 is 0. The molecule has 1 saturated carbocycles. The van der Waals surface area contributed by atoms with Crippen molar-refractivity contribution in [1.29, 1.82) is 0 Å². The van der Waals surface area contributed by atoms with Gasteiger partial charge < -0.3 is 20.4 Å². The lowest BCUT2D eigenvalue weighted by molar-refractivity contribution is -0.137. The summed E-state index contributed by atoms with van der Waals surface area (Å²) < 4.78 is 26.8. The molecule has 5 nitrogen and oxygen atoms in total. The molecular weight excluding hydrogens is 394 g/mol. The van der Waals surface area contributed by atoms with Crippen molar-refractivity contribution in [2.24, 2.45) is 11.8 Å². The topological polar surface area (TPSA) is 98.0 Å². The van der Waals surface area contributed by atoms with Gasteiger partial charge in [-0.3, -0.25) is 4.79 Å². The Hall–Kier alpha value is -2.01. The largest absolute Gasteiger partial charge is 0.481 e.